The minimum atomic E-state index is -0.311. The van der Waals surface area contributed by atoms with Crippen LogP contribution < -0.4 is 15.4 Å². The van der Waals surface area contributed by atoms with E-state index in [0.717, 1.165) is 0 Å². The summed E-state index contributed by atoms with van der Waals surface area (Å²) in [7, 11) is 1.56. The molecule has 134 valence electrons. The first-order chi connectivity index (χ1) is 13.1. The number of carbonyl (C=O) groups is 1. The van der Waals surface area contributed by atoms with Crippen LogP contribution in [0.5, 0.6) is 5.75 Å². The van der Waals surface area contributed by atoms with Crippen molar-refractivity contribution in [1.82, 2.24) is 4.98 Å². The molecule has 0 bridgehead atoms. The quantitative estimate of drug-likeness (QED) is 0.676. The minimum Gasteiger partial charge on any atom is -0.495 e. The molecule has 1 amide bonds. The Morgan fingerprint density at radius 1 is 1.19 bits per heavy atom. The standard InChI is InChI=1S/C20H15ClN4O2/c1-27-18-6-5-15(21)11-17(18)25-19-10-14(7-8-23-19)20(26)24-16-4-2-3-13(9-16)12-22/h2-11H,1H3,(H,23,25)(H,24,26). The van der Waals surface area contributed by atoms with Crippen LogP contribution in [0.2, 0.25) is 5.02 Å². The summed E-state index contributed by atoms with van der Waals surface area (Å²) in [6, 6.07) is 17.1. The second-order valence-corrected chi connectivity index (χ2v) is 5.98. The number of anilines is 3. The van der Waals surface area contributed by atoms with Crippen LogP contribution in [0.25, 0.3) is 0 Å². The van der Waals surface area contributed by atoms with Gasteiger partial charge in [0.1, 0.15) is 11.6 Å². The number of amides is 1. The molecule has 27 heavy (non-hydrogen) atoms. The van der Waals surface area contributed by atoms with Crippen molar-refractivity contribution in [3.8, 4) is 11.8 Å². The molecule has 3 aromatic rings. The number of hydrogen-bond acceptors (Lipinski definition) is 5. The summed E-state index contributed by atoms with van der Waals surface area (Å²) in [5.74, 6) is 0.756. The van der Waals surface area contributed by atoms with Gasteiger partial charge < -0.3 is 15.4 Å². The number of nitriles is 1. The van der Waals surface area contributed by atoms with E-state index in [2.05, 4.69) is 15.6 Å². The minimum absolute atomic E-state index is 0.311. The van der Waals surface area contributed by atoms with Crippen LogP contribution in [-0.4, -0.2) is 18.0 Å². The van der Waals surface area contributed by atoms with Crippen molar-refractivity contribution in [2.45, 2.75) is 0 Å². The Labute approximate surface area is 161 Å². The first-order valence-electron chi connectivity index (χ1n) is 7.97. The lowest BCUT2D eigenvalue weighted by Crippen LogP contribution is -2.12. The number of benzene rings is 2. The third-order valence-corrected chi connectivity index (χ3v) is 3.93. The molecule has 0 unspecified atom stereocenters. The smallest absolute Gasteiger partial charge is 0.255 e. The van der Waals surface area contributed by atoms with Gasteiger partial charge in [0.15, 0.2) is 0 Å². The van der Waals surface area contributed by atoms with Gasteiger partial charge in [-0.15, -0.1) is 0 Å². The molecule has 0 saturated heterocycles. The van der Waals surface area contributed by atoms with Crippen molar-refractivity contribution in [1.29, 1.82) is 5.26 Å². The number of hydrogen-bond donors (Lipinski definition) is 2. The molecule has 1 heterocycles. The first-order valence-corrected chi connectivity index (χ1v) is 8.35. The molecule has 0 atom stereocenters. The van der Waals surface area contributed by atoms with Gasteiger partial charge in [0, 0.05) is 22.5 Å². The third kappa shape index (κ3) is 4.54. The maximum atomic E-state index is 12.5. The maximum absolute atomic E-state index is 12.5. The number of methoxy groups -OCH3 is 1. The Balaban J connectivity index is 1.80. The summed E-state index contributed by atoms with van der Waals surface area (Å²) in [6.45, 7) is 0. The number of nitrogens with one attached hydrogen (secondary N) is 2. The summed E-state index contributed by atoms with van der Waals surface area (Å²) >= 11 is 6.03. The topological polar surface area (TPSA) is 87.0 Å². The van der Waals surface area contributed by atoms with Crippen molar-refractivity contribution in [3.63, 3.8) is 0 Å². The molecule has 0 aliphatic heterocycles. The zero-order valence-corrected chi connectivity index (χ0v) is 15.1. The van der Waals surface area contributed by atoms with E-state index >= 15 is 0 Å². The van der Waals surface area contributed by atoms with Gasteiger partial charge >= 0.3 is 0 Å². The number of carbonyl (C=O) groups excluding carboxylic acids is 1. The average molecular weight is 379 g/mol. The highest BCUT2D eigenvalue weighted by atomic mass is 35.5. The fourth-order valence-electron chi connectivity index (χ4n) is 2.43. The van der Waals surface area contributed by atoms with Gasteiger partial charge in [-0.1, -0.05) is 17.7 Å². The average Bonchev–Trinajstić information content (AvgIpc) is 2.68. The zero-order valence-electron chi connectivity index (χ0n) is 14.4. The largest absolute Gasteiger partial charge is 0.495 e. The van der Waals surface area contributed by atoms with Gasteiger partial charge in [-0.2, -0.15) is 5.26 Å². The molecule has 2 N–H and O–H groups in total. The van der Waals surface area contributed by atoms with Crippen molar-refractivity contribution >= 4 is 34.7 Å². The van der Waals surface area contributed by atoms with E-state index in [4.69, 9.17) is 21.6 Å². The van der Waals surface area contributed by atoms with Gasteiger partial charge in [-0.25, -0.2) is 4.98 Å². The molecule has 7 heteroatoms. The van der Waals surface area contributed by atoms with Crippen LogP contribution in [0, 0.1) is 11.3 Å². The molecule has 0 radical (unpaired) electrons. The van der Waals surface area contributed by atoms with Gasteiger partial charge in [0.2, 0.25) is 0 Å². The molecular weight excluding hydrogens is 364 g/mol. The van der Waals surface area contributed by atoms with Crippen LogP contribution >= 0.6 is 11.6 Å². The van der Waals surface area contributed by atoms with Gasteiger partial charge in [-0.05, 0) is 48.5 Å². The molecule has 1 aromatic heterocycles. The monoisotopic (exact) mass is 378 g/mol. The molecule has 0 aliphatic carbocycles. The number of rotatable bonds is 5. The van der Waals surface area contributed by atoms with E-state index in [1.54, 1.807) is 61.7 Å². The zero-order chi connectivity index (χ0) is 19.2. The summed E-state index contributed by atoms with van der Waals surface area (Å²) in [6.07, 6.45) is 1.53. The second-order valence-electron chi connectivity index (χ2n) is 5.55. The first kappa shape index (κ1) is 18.2. The van der Waals surface area contributed by atoms with Gasteiger partial charge in [0.25, 0.3) is 5.91 Å². The Kier molecular flexibility index (Phi) is 5.55. The molecule has 0 saturated carbocycles. The van der Waals surface area contributed by atoms with E-state index in [1.165, 1.54) is 6.20 Å². The molecule has 0 fully saturated rings. The normalized spacial score (nSPS) is 9.96. The lowest BCUT2D eigenvalue weighted by Gasteiger charge is -2.12. The van der Waals surface area contributed by atoms with E-state index in [0.29, 0.717) is 39.1 Å². The highest BCUT2D eigenvalue weighted by Crippen LogP contribution is 2.30. The number of ether oxygens (including phenoxy) is 1. The summed E-state index contributed by atoms with van der Waals surface area (Å²) in [5, 5.41) is 15.4. The molecule has 3 rings (SSSR count). The van der Waals surface area contributed by atoms with E-state index in [-0.39, 0.29) is 5.91 Å². The molecule has 6 nitrogen and oxygen atoms in total. The lowest BCUT2D eigenvalue weighted by molar-refractivity contribution is 0.102. The van der Waals surface area contributed by atoms with Crippen molar-refractivity contribution < 1.29 is 9.53 Å². The van der Waals surface area contributed by atoms with Crippen molar-refractivity contribution in [3.05, 3.63) is 76.9 Å². The number of pyridine rings is 1. The van der Waals surface area contributed by atoms with Crippen molar-refractivity contribution in [2.24, 2.45) is 0 Å². The molecule has 2 aromatic carbocycles. The number of nitrogens with zero attached hydrogens (tertiary/aromatic N) is 2. The van der Waals surface area contributed by atoms with Crippen molar-refractivity contribution in [2.75, 3.05) is 17.7 Å². The lowest BCUT2D eigenvalue weighted by atomic mass is 10.2. The maximum Gasteiger partial charge on any atom is 0.255 e. The van der Waals surface area contributed by atoms with E-state index in [9.17, 15) is 4.79 Å². The molecule has 0 spiro atoms. The van der Waals surface area contributed by atoms with Crippen LogP contribution in [0.1, 0.15) is 15.9 Å². The molecule has 0 aliphatic rings. The Hall–Kier alpha value is -3.56. The van der Waals surface area contributed by atoms with Crippen LogP contribution in [-0.2, 0) is 0 Å². The second kappa shape index (κ2) is 8.21. The molecular formula is C20H15ClN4O2. The SMILES string of the molecule is COc1ccc(Cl)cc1Nc1cc(C(=O)Nc2cccc(C#N)c2)ccn1. The summed E-state index contributed by atoms with van der Waals surface area (Å²) in [5.41, 5.74) is 2.06. The number of aromatic nitrogens is 1. The van der Waals surface area contributed by atoms with E-state index in [1.807, 2.05) is 6.07 Å². The number of halogens is 1. The Bertz CT molecular complexity index is 1030. The van der Waals surface area contributed by atoms with Gasteiger partial charge in [-0.3, -0.25) is 4.79 Å². The Morgan fingerprint density at radius 2 is 2.04 bits per heavy atom. The predicted octanol–water partition coefficient (Wildman–Crippen LogP) is 4.61. The van der Waals surface area contributed by atoms with Gasteiger partial charge in [0.05, 0.1) is 24.4 Å². The highest BCUT2D eigenvalue weighted by molar-refractivity contribution is 6.31. The van der Waals surface area contributed by atoms with E-state index < -0.39 is 0 Å². The van der Waals surface area contributed by atoms with Crippen LogP contribution in [0.3, 0.4) is 0 Å². The summed E-state index contributed by atoms with van der Waals surface area (Å²) < 4.78 is 5.30. The highest BCUT2D eigenvalue weighted by Gasteiger charge is 2.10. The third-order valence-electron chi connectivity index (χ3n) is 3.70. The van der Waals surface area contributed by atoms with Crippen LogP contribution in [0.4, 0.5) is 17.2 Å². The fourth-order valence-corrected chi connectivity index (χ4v) is 2.60. The van der Waals surface area contributed by atoms with Crippen LogP contribution in [0.15, 0.2) is 60.8 Å². The summed E-state index contributed by atoms with van der Waals surface area (Å²) in [4.78, 5) is 16.7. The predicted molar refractivity (Wildman–Crippen MR) is 105 cm³/mol. The fraction of sp³-hybridized carbons (Fsp3) is 0.0500. The Morgan fingerprint density at radius 3 is 2.81 bits per heavy atom.